The number of nitrogens with one attached hydrogen (secondary N) is 1. The number of hydrogen-bond acceptors (Lipinski definition) is 5. The highest BCUT2D eigenvalue weighted by Gasteiger charge is 2.22. The topological polar surface area (TPSA) is 110 Å². The zero-order valence-corrected chi connectivity index (χ0v) is 20.5. The van der Waals surface area contributed by atoms with E-state index in [1.807, 2.05) is 0 Å². The van der Waals surface area contributed by atoms with Crippen molar-refractivity contribution in [1.82, 2.24) is 5.32 Å². The van der Waals surface area contributed by atoms with Crippen LogP contribution in [0.1, 0.15) is 97.8 Å². The molecule has 0 saturated heterocycles. The number of rotatable bonds is 17. The van der Waals surface area contributed by atoms with E-state index in [1.165, 1.54) is 57.8 Å². The first-order chi connectivity index (χ1) is 14.6. The van der Waals surface area contributed by atoms with Crippen molar-refractivity contribution in [2.24, 2.45) is 0 Å². The monoisotopic (exact) mass is 461 g/mol. The van der Waals surface area contributed by atoms with E-state index in [4.69, 9.17) is 9.29 Å². The Kier molecular flexibility index (Phi) is 20.6. The second kappa shape index (κ2) is 20.2. The van der Waals surface area contributed by atoms with Crippen LogP contribution in [0.5, 0.6) is 0 Å². The molecule has 1 unspecified atom stereocenters. The Bertz CT molecular complexity index is 616. The summed E-state index contributed by atoms with van der Waals surface area (Å²) < 4.78 is 35.1. The Labute approximate surface area is 189 Å². The van der Waals surface area contributed by atoms with Crippen molar-refractivity contribution in [3.05, 3.63) is 24.8 Å². The minimum atomic E-state index is -4.21. The third-order valence-corrected chi connectivity index (χ3v) is 5.55. The number of ether oxygens (including phenoxy) is 1. The van der Waals surface area contributed by atoms with Crippen LogP contribution in [0.4, 0.5) is 0 Å². The molecule has 0 fully saturated rings. The van der Waals surface area contributed by atoms with Crippen LogP contribution in [0.25, 0.3) is 0 Å². The molecule has 0 aromatic heterocycles. The normalized spacial score (nSPS) is 11.6. The van der Waals surface area contributed by atoms with Gasteiger partial charge >= 0.3 is 5.97 Å². The zero-order valence-electron chi connectivity index (χ0n) is 19.7. The van der Waals surface area contributed by atoms with E-state index in [2.05, 4.69) is 25.4 Å². The lowest BCUT2D eigenvalue weighted by atomic mass is 10.1. The molecule has 0 aliphatic rings. The molecule has 7 nitrogen and oxygen atoms in total. The predicted octanol–water partition coefficient (Wildman–Crippen LogP) is 5.33. The summed E-state index contributed by atoms with van der Waals surface area (Å²) in [5.41, 5.74) is 0.488. The van der Waals surface area contributed by atoms with Crippen LogP contribution in [0, 0.1) is 0 Å². The van der Waals surface area contributed by atoms with Crippen molar-refractivity contribution in [2.75, 3.05) is 6.61 Å². The summed E-state index contributed by atoms with van der Waals surface area (Å²) in [4.78, 5) is 21.8. The number of carbonyl (C=O) groups excluding carboxylic acids is 2. The van der Waals surface area contributed by atoms with Crippen LogP contribution < -0.4 is 5.32 Å². The van der Waals surface area contributed by atoms with Gasteiger partial charge in [-0.3, -0.25) is 9.35 Å². The average molecular weight is 462 g/mol. The van der Waals surface area contributed by atoms with E-state index in [9.17, 15) is 18.0 Å². The molecule has 1 atom stereocenters. The third kappa shape index (κ3) is 21.4. The summed E-state index contributed by atoms with van der Waals surface area (Å²) in [5, 5.41) is 0.879. The smallest absolute Gasteiger partial charge is 0.333 e. The van der Waals surface area contributed by atoms with Gasteiger partial charge in [0.25, 0.3) is 10.1 Å². The number of amides is 1. The first kappa shape index (κ1) is 31.5. The molecule has 0 spiro atoms. The molecule has 0 heterocycles. The molecular formula is C23H43NO6S. The van der Waals surface area contributed by atoms with Crippen molar-refractivity contribution < 1.29 is 27.3 Å². The molecule has 31 heavy (non-hydrogen) atoms. The average Bonchev–Trinajstić information content (AvgIpc) is 2.71. The summed E-state index contributed by atoms with van der Waals surface area (Å²) in [6.45, 7) is 12.9. The second-order valence-corrected chi connectivity index (χ2v) is 9.20. The molecule has 0 aromatic rings. The second-order valence-electron chi connectivity index (χ2n) is 7.60. The number of esters is 1. The molecule has 2 N–H and O–H groups in total. The number of carbonyl (C=O) groups is 2. The summed E-state index contributed by atoms with van der Waals surface area (Å²) in [5.74, 6) is -0.873. The standard InChI is InChI=1S/C16H30O2.C7H13NO4S/c1-4-5-6-7-8-9-10-11-12-13-14-18-16(17)15(2)3;1-3-5-7(13(10,11)12)8-6(9)4-2/h2,4-14H2,1,3H3;4,7H,2-3,5H2,1H3,(H,8,9)(H,10,11,12). The Morgan fingerprint density at radius 3 is 1.84 bits per heavy atom. The lowest BCUT2D eigenvalue weighted by Gasteiger charge is -2.12. The van der Waals surface area contributed by atoms with E-state index in [1.54, 1.807) is 13.8 Å². The van der Waals surface area contributed by atoms with Crippen LogP contribution in [0.2, 0.25) is 0 Å². The van der Waals surface area contributed by atoms with Gasteiger partial charge in [-0.15, -0.1) is 0 Å². The summed E-state index contributed by atoms with van der Waals surface area (Å²) in [6, 6.07) is 0. The maximum Gasteiger partial charge on any atom is 0.333 e. The van der Waals surface area contributed by atoms with E-state index in [0.29, 0.717) is 18.6 Å². The number of unbranched alkanes of at least 4 members (excludes halogenated alkanes) is 9. The fraction of sp³-hybridized carbons (Fsp3) is 0.739. The molecule has 0 radical (unpaired) electrons. The van der Waals surface area contributed by atoms with Crippen molar-refractivity contribution >= 4 is 22.0 Å². The summed E-state index contributed by atoms with van der Waals surface area (Å²) in [6.07, 6.45) is 14.6. The Morgan fingerprint density at radius 2 is 1.45 bits per heavy atom. The Hall–Kier alpha value is -1.67. The van der Waals surface area contributed by atoms with Crippen molar-refractivity contribution in [3.8, 4) is 0 Å². The quantitative estimate of drug-likeness (QED) is 0.131. The largest absolute Gasteiger partial charge is 0.462 e. The van der Waals surface area contributed by atoms with Gasteiger partial charge in [0.15, 0.2) is 5.37 Å². The van der Waals surface area contributed by atoms with Gasteiger partial charge < -0.3 is 10.1 Å². The number of hydrogen-bond donors (Lipinski definition) is 2. The Balaban J connectivity index is 0. The van der Waals surface area contributed by atoms with Gasteiger partial charge in [-0.05, 0) is 25.8 Å². The molecule has 0 aliphatic heterocycles. The van der Waals surface area contributed by atoms with Crippen LogP contribution in [-0.2, 0) is 24.4 Å². The lowest BCUT2D eigenvalue weighted by molar-refractivity contribution is -0.139. The lowest BCUT2D eigenvalue weighted by Crippen LogP contribution is -2.39. The molecule has 182 valence electrons. The predicted molar refractivity (Wildman–Crippen MR) is 126 cm³/mol. The van der Waals surface area contributed by atoms with Crippen molar-refractivity contribution in [3.63, 3.8) is 0 Å². The zero-order chi connectivity index (χ0) is 24.1. The highest BCUT2D eigenvalue weighted by atomic mass is 32.2. The molecule has 0 aromatic carbocycles. The first-order valence-electron chi connectivity index (χ1n) is 11.3. The van der Waals surface area contributed by atoms with Gasteiger partial charge in [0.1, 0.15) is 0 Å². The van der Waals surface area contributed by atoms with Gasteiger partial charge in [0.2, 0.25) is 5.91 Å². The third-order valence-electron chi connectivity index (χ3n) is 4.48. The van der Waals surface area contributed by atoms with Crippen LogP contribution in [0.15, 0.2) is 24.8 Å². The minimum Gasteiger partial charge on any atom is -0.462 e. The fourth-order valence-electron chi connectivity index (χ4n) is 2.65. The van der Waals surface area contributed by atoms with Crippen LogP contribution >= 0.6 is 0 Å². The highest BCUT2D eigenvalue weighted by molar-refractivity contribution is 7.86. The van der Waals surface area contributed by atoms with Gasteiger partial charge in [-0.1, -0.05) is 91.2 Å². The van der Waals surface area contributed by atoms with Crippen molar-refractivity contribution in [2.45, 2.75) is 103 Å². The van der Waals surface area contributed by atoms with Crippen molar-refractivity contribution in [1.29, 1.82) is 0 Å². The van der Waals surface area contributed by atoms with E-state index < -0.39 is 21.4 Å². The molecule has 0 aliphatic carbocycles. The van der Waals surface area contributed by atoms with Gasteiger partial charge in [-0.25, -0.2) is 4.79 Å². The Morgan fingerprint density at radius 1 is 0.968 bits per heavy atom. The molecule has 0 rings (SSSR count). The van der Waals surface area contributed by atoms with Crippen LogP contribution in [-0.4, -0.2) is 36.8 Å². The van der Waals surface area contributed by atoms with Gasteiger partial charge in [0.05, 0.1) is 6.61 Å². The van der Waals surface area contributed by atoms with E-state index in [-0.39, 0.29) is 12.4 Å². The van der Waals surface area contributed by atoms with Crippen LogP contribution in [0.3, 0.4) is 0 Å². The summed E-state index contributed by atoms with van der Waals surface area (Å²) in [7, 11) is -4.21. The van der Waals surface area contributed by atoms with E-state index >= 15 is 0 Å². The molecule has 0 bridgehead atoms. The molecule has 1 amide bonds. The van der Waals surface area contributed by atoms with E-state index in [0.717, 1.165) is 12.5 Å². The molecule has 0 saturated carbocycles. The fourth-order valence-corrected chi connectivity index (χ4v) is 3.45. The van der Waals surface area contributed by atoms with Gasteiger partial charge in [0, 0.05) is 5.57 Å². The maximum absolute atomic E-state index is 11.1. The molecular weight excluding hydrogens is 418 g/mol. The highest BCUT2D eigenvalue weighted by Crippen LogP contribution is 2.10. The first-order valence-corrected chi connectivity index (χ1v) is 12.8. The SMILES string of the molecule is C=C(C)C(=O)OCCCCCCCCCCCC.C=CC(=O)NC(CCC)S(=O)(=O)O. The minimum absolute atomic E-state index is 0.179. The van der Waals surface area contributed by atoms with Gasteiger partial charge in [-0.2, -0.15) is 8.42 Å². The molecule has 8 heteroatoms. The summed E-state index contributed by atoms with van der Waals surface area (Å²) >= 11 is 0. The maximum atomic E-state index is 11.1.